The average Bonchev–Trinajstić information content (AvgIpc) is 3.27. The number of nitrogens with one attached hydrogen (secondary N) is 1. The fourth-order valence-corrected chi connectivity index (χ4v) is 2.96. The van der Waals surface area contributed by atoms with Gasteiger partial charge in [-0.05, 0) is 25.7 Å². The molecule has 122 valence electrons. The van der Waals surface area contributed by atoms with Crippen LogP contribution in [0.1, 0.15) is 40.5 Å². The monoisotopic (exact) mass is 323 g/mol. The molecule has 0 fully saturated rings. The molecule has 1 aromatic carbocycles. The van der Waals surface area contributed by atoms with Crippen molar-refractivity contribution in [2.45, 2.75) is 32.3 Å². The number of esters is 1. The Balaban J connectivity index is 1.43. The van der Waals surface area contributed by atoms with Crippen molar-refractivity contribution in [3.8, 4) is 11.3 Å². The lowest BCUT2D eigenvalue weighted by Gasteiger charge is -2.10. The number of ether oxygens (including phenoxy) is 1. The summed E-state index contributed by atoms with van der Waals surface area (Å²) in [7, 11) is 0. The van der Waals surface area contributed by atoms with E-state index in [1.165, 1.54) is 0 Å². The van der Waals surface area contributed by atoms with Gasteiger partial charge in [-0.15, -0.1) is 0 Å². The van der Waals surface area contributed by atoms with E-state index in [1.54, 1.807) is 6.20 Å². The zero-order valence-corrected chi connectivity index (χ0v) is 13.1. The highest BCUT2D eigenvalue weighted by molar-refractivity contribution is 5.89. The molecule has 0 amide bonds. The zero-order chi connectivity index (χ0) is 16.4. The molecule has 3 aromatic rings. The lowest BCUT2D eigenvalue weighted by atomic mass is 9.96. The first kappa shape index (κ1) is 14.7. The fourth-order valence-electron chi connectivity index (χ4n) is 2.96. The van der Waals surface area contributed by atoms with Crippen molar-refractivity contribution in [2.24, 2.45) is 0 Å². The van der Waals surface area contributed by atoms with E-state index in [0.29, 0.717) is 17.3 Å². The Labute approximate surface area is 138 Å². The molecular formula is C18H17N3O3. The maximum Gasteiger partial charge on any atom is 0.359 e. The summed E-state index contributed by atoms with van der Waals surface area (Å²) in [4.78, 5) is 16.4. The van der Waals surface area contributed by atoms with Crippen molar-refractivity contribution < 1.29 is 13.9 Å². The minimum absolute atomic E-state index is 0.00665. The van der Waals surface area contributed by atoms with Crippen molar-refractivity contribution >= 4 is 5.97 Å². The third-order valence-electron chi connectivity index (χ3n) is 4.19. The first-order valence-electron chi connectivity index (χ1n) is 8.04. The molecule has 2 heterocycles. The smallest absolute Gasteiger partial charge is 0.359 e. The highest BCUT2D eigenvalue weighted by Gasteiger charge is 2.23. The number of aryl methyl sites for hydroxylation is 1. The maximum absolute atomic E-state index is 12.3. The largest absolute Gasteiger partial charge is 0.451 e. The van der Waals surface area contributed by atoms with Crippen molar-refractivity contribution in [2.75, 3.05) is 0 Å². The number of rotatable bonds is 4. The minimum atomic E-state index is -0.436. The molecule has 0 saturated carbocycles. The number of aromatic amines is 1. The summed E-state index contributed by atoms with van der Waals surface area (Å²) in [5.74, 6) is 0.583. The first-order valence-corrected chi connectivity index (χ1v) is 8.04. The summed E-state index contributed by atoms with van der Waals surface area (Å²) in [6.07, 6.45) is 5.65. The fraction of sp³-hybridized carbons (Fsp3) is 0.278. The number of hydrogen-bond donors (Lipinski definition) is 1. The third-order valence-corrected chi connectivity index (χ3v) is 4.19. The van der Waals surface area contributed by atoms with Crippen LogP contribution in [0, 0.1) is 0 Å². The Bertz CT molecular complexity index is 852. The van der Waals surface area contributed by atoms with Gasteiger partial charge in [0.25, 0.3) is 0 Å². The molecule has 24 heavy (non-hydrogen) atoms. The van der Waals surface area contributed by atoms with Gasteiger partial charge in [0.05, 0.1) is 6.20 Å². The number of H-pyrrole nitrogens is 1. The van der Waals surface area contributed by atoms with Crippen molar-refractivity contribution in [3.05, 3.63) is 59.4 Å². The number of oxazole rings is 1. The summed E-state index contributed by atoms with van der Waals surface area (Å²) in [6.45, 7) is -0.00665. The van der Waals surface area contributed by atoms with Crippen LogP contribution in [0.25, 0.3) is 11.3 Å². The SMILES string of the molecule is O=C(OCc1ncc(-c2ccccc2)o1)c1n[nH]c2c1CCCC2. The van der Waals surface area contributed by atoms with Crippen LogP contribution in [0.3, 0.4) is 0 Å². The standard InChI is InChI=1S/C18H17N3O3/c22-18(17-13-8-4-5-9-14(13)20-21-17)23-11-16-19-10-15(24-16)12-6-2-1-3-7-12/h1-3,6-7,10H,4-5,8-9,11H2,(H,20,21). The molecule has 0 radical (unpaired) electrons. The first-order chi connectivity index (χ1) is 11.8. The van der Waals surface area contributed by atoms with Gasteiger partial charge >= 0.3 is 5.97 Å². The van der Waals surface area contributed by atoms with Gasteiger partial charge in [0.1, 0.15) is 0 Å². The molecule has 0 atom stereocenters. The van der Waals surface area contributed by atoms with Crippen molar-refractivity contribution in [1.82, 2.24) is 15.2 Å². The second kappa shape index (κ2) is 6.31. The van der Waals surface area contributed by atoms with Crippen LogP contribution in [0.5, 0.6) is 0 Å². The van der Waals surface area contributed by atoms with Crippen LogP contribution in [0.15, 0.2) is 40.9 Å². The highest BCUT2D eigenvalue weighted by atomic mass is 16.5. The quantitative estimate of drug-likeness (QED) is 0.745. The summed E-state index contributed by atoms with van der Waals surface area (Å²) < 4.78 is 10.9. The maximum atomic E-state index is 12.3. The summed E-state index contributed by atoms with van der Waals surface area (Å²) in [6, 6.07) is 9.67. The van der Waals surface area contributed by atoms with Gasteiger partial charge < -0.3 is 9.15 Å². The van der Waals surface area contributed by atoms with Gasteiger partial charge in [0.2, 0.25) is 5.89 Å². The van der Waals surface area contributed by atoms with E-state index in [4.69, 9.17) is 9.15 Å². The van der Waals surface area contributed by atoms with E-state index in [1.807, 2.05) is 30.3 Å². The Morgan fingerprint density at radius 2 is 2.04 bits per heavy atom. The predicted molar refractivity (Wildman–Crippen MR) is 86.3 cm³/mol. The lowest BCUT2D eigenvalue weighted by Crippen LogP contribution is -2.10. The third kappa shape index (κ3) is 2.82. The average molecular weight is 323 g/mol. The van der Waals surface area contributed by atoms with Crippen LogP contribution in [-0.4, -0.2) is 21.2 Å². The summed E-state index contributed by atoms with van der Waals surface area (Å²) >= 11 is 0. The molecule has 0 bridgehead atoms. The second-order valence-electron chi connectivity index (χ2n) is 5.80. The van der Waals surface area contributed by atoms with Crippen molar-refractivity contribution in [1.29, 1.82) is 0 Å². The molecule has 0 aliphatic heterocycles. The van der Waals surface area contributed by atoms with E-state index < -0.39 is 5.97 Å². The molecule has 0 unspecified atom stereocenters. The Morgan fingerprint density at radius 3 is 2.92 bits per heavy atom. The zero-order valence-electron chi connectivity index (χ0n) is 13.1. The van der Waals surface area contributed by atoms with E-state index in [9.17, 15) is 4.79 Å². The van der Waals surface area contributed by atoms with Gasteiger partial charge in [0.15, 0.2) is 18.1 Å². The number of carbonyl (C=O) groups is 1. The molecule has 0 saturated heterocycles. The van der Waals surface area contributed by atoms with Crippen LogP contribution >= 0.6 is 0 Å². The molecule has 1 N–H and O–H groups in total. The molecular weight excluding hydrogens is 306 g/mol. The molecule has 6 nitrogen and oxygen atoms in total. The number of aromatic nitrogens is 3. The Kier molecular flexibility index (Phi) is 3.86. The van der Waals surface area contributed by atoms with E-state index in [-0.39, 0.29) is 6.61 Å². The minimum Gasteiger partial charge on any atom is -0.451 e. The van der Waals surface area contributed by atoms with E-state index in [0.717, 1.165) is 42.5 Å². The topological polar surface area (TPSA) is 81.0 Å². The van der Waals surface area contributed by atoms with Gasteiger partial charge in [-0.2, -0.15) is 5.10 Å². The second-order valence-corrected chi connectivity index (χ2v) is 5.80. The summed E-state index contributed by atoms with van der Waals surface area (Å²) in [5.41, 5.74) is 3.36. The van der Waals surface area contributed by atoms with Gasteiger partial charge in [-0.25, -0.2) is 9.78 Å². The van der Waals surface area contributed by atoms with Gasteiger partial charge in [0, 0.05) is 16.8 Å². The lowest BCUT2D eigenvalue weighted by molar-refractivity contribution is 0.0430. The van der Waals surface area contributed by atoms with Crippen molar-refractivity contribution in [3.63, 3.8) is 0 Å². The number of benzene rings is 1. The summed E-state index contributed by atoms with van der Waals surface area (Å²) in [5, 5.41) is 7.05. The van der Waals surface area contributed by atoms with E-state index >= 15 is 0 Å². The van der Waals surface area contributed by atoms with Gasteiger partial charge in [-0.3, -0.25) is 5.10 Å². The van der Waals surface area contributed by atoms with Crippen LogP contribution in [0.2, 0.25) is 0 Å². The molecule has 6 heteroatoms. The molecule has 1 aliphatic rings. The molecule has 4 rings (SSSR count). The number of hydrogen-bond acceptors (Lipinski definition) is 5. The Hall–Kier alpha value is -2.89. The van der Waals surface area contributed by atoms with Crippen LogP contribution in [0.4, 0.5) is 0 Å². The molecule has 1 aliphatic carbocycles. The Morgan fingerprint density at radius 1 is 1.21 bits per heavy atom. The predicted octanol–water partition coefficient (Wildman–Crippen LogP) is 3.30. The highest BCUT2D eigenvalue weighted by Crippen LogP contribution is 2.23. The number of carbonyl (C=O) groups excluding carboxylic acids is 1. The molecule has 0 spiro atoms. The normalized spacial score (nSPS) is 13.5. The van der Waals surface area contributed by atoms with Crippen LogP contribution in [-0.2, 0) is 24.2 Å². The van der Waals surface area contributed by atoms with E-state index in [2.05, 4.69) is 15.2 Å². The number of nitrogens with zero attached hydrogens (tertiary/aromatic N) is 2. The van der Waals surface area contributed by atoms with Crippen LogP contribution < -0.4 is 0 Å². The number of fused-ring (bicyclic) bond motifs is 1. The van der Waals surface area contributed by atoms with Gasteiger partial charge in [-0.1, -0.05) is 30.3 Å². The molecule has 2 aromatic heterocycles.